The molecule has 2 aromatic rings. The van der Waals surface area contributed by atoms with Crippen molar-refractivity contribution >= 4 is 11.9 Å². The maximum atomic E-state index is 12.6. The Morgan fingerprint density at radius 2 is 1.50 bits per heavy atom. The maximum Gasteiger partial charge on any atom is 0.328 e. The Morgan fingerprint density at radius 3 is 2.00 bits per heavy atom. The van der Waals surface area contributed by atoms with Gasteiger partial charge in [-0.25, -0.2) is 4.79 Å². The van der Waals surface area contributed by atoms with E-state index in [9.17, 15) is 9.59 Å². The van der Waals surface area contributed by atoms with Gasteiger partial charge in [0.15, 0.2) is 5.76 Å². The molecule has 0 saturated heterocycles. The van der Waals surface area contributed by atoms with E-state index in [-0.39, 0.29) is 19.1 Å². The van der Waals surface area contributed by atoms with E-state index < -0.39 is 17.9 Å². The Morgan fingerprint density at radius 1 is 0.967 bits per heavy atom. The minimum Gasteiger partial charge on any atom is -0.467 e. The van der Waals surface area contributed by atoms with E-state index in [1.807, 2.05) is 19.9 Å². The SMILES string of the molecule is C.COC(=O)C(CC(C)C)NC(=O)c1ccc(Cc2c(C)c(C)c(C)c(C)c2C)o1. The van der Waals surface area contributed by atoms with Crippen molar-refractivity contribution in [1.29, 1.82) is 0 Å². The van der Waals surface area contributed by atoms with E-state index in [2.05, 4.69) is 39.9 Å². The molecule has 1 aromatic heterocycles. The number of hydrogen-bond acceptors (Lipinski definition) is 4. The molecule has 0 radical (unpaired) electrons. The smallest absolute Gasteiger partial charge is 0.328 e. The normalized spacial score (nSPS) is 11.8. The fraction of sp³-hybridized carbons (Fsp3) is 0.520. The number of rotatable bonds is 7. The summed E-state index contributed by atoms with van der Waals surface area (Å²) in [6.07, 6.45) is 1.13. The number of amides is 1. The molecule has 1 heterocycles. The molecule has 30 heavy (non-hydrogen) atoms. The monoisotopic (exact) mass is 415 g/mol. The van der Waals surface area contributed by atoms with Crippen LogP contribution in [0.25, 0.3) is 0 Å². The van der Waals surface area contributed by atoms with Crippen molar-refractivity contribution in [3.05, 3.63) is 57.0 Å². The van der Waals surface area contributed by atoms with Crippen molar-refractivity contribution in [3.63, 3.8) is 0 Å². The highest BCUT2D eigenvalue weighted by Gasteiger charge is 2.24. The molecule has 1 amide bonds. The van der Waals surface area contributed by atoms with Crippen LogP contribution < -0.4 is 5.32 Å². The van der Waals surface area contributed by atoms with Gasteiger partial charge in [-0.3, -0.25) is 4.79 Å². The van der Waals surface area contributed by atoms with Gasteiger partial charge in [-0.2, -0.15) is 0 Å². The Labute approximate surface area is 181 Å². The molecule has 0 saturated carbocycles. The van der Waals surface area contributed by atoms with Crippen molar-refractivity contribution in [2.24, 2.45) is 5.92 Å². The molecule has 0 bridgehead atoms. The number of hydrogen-bond donors (Lipinski definition) is 1. The van der Waals surface area contributed by atoms with Crippen LogP contribution in [0.1, 0.15) is 77.4 Å². The van der Waals surface area contributed by atoms with E-state index >= 15 is 0 Å². The van der Waals surface area contributed by atoms with Gasteiger partial charge in [-0.1, -0.05) is 21.3 Å². The quantitative estimate of drug-likeness (QED) is 0.618. The van der Waals surface area contributed by atoms with Crippen LogP contribution in [0.3, 0.4) is 0 Å². The number of ether oxygens (including phenoxy) is 1. The summed E-state index contributed by atoms with van der Waals surface area (Å²) >= 11 is 0. The second-order valence-corrected chi connectivity index (χ2v) is 8.23. The van der Waals surface area contributed by atoms with Gasteiger partial charge in [-0.05, 0) is 92.5 Å². The number of carbonyl (C=O) groups excluding carboxylic acids is 2. The molecule has 0 aliphatic heterocycles. The minimum atomic E-state index is -0.687. The van der Waals surface area contributed by atoms with Crippen LogP contribution in [0.4, 0.5) is 0 Å². The summed E-state index contributed by atoms with van der Waals surface area (Å²) in [6.45, 7) is 14.7. The Bertz CT molecular complexity index is 879. The van der Waals surface area contributed by atoms with Crippen molar-refractivity contribution < 1.29 is 18.7 Å². The molecule has 166 valence electrons. The lowest BCUT2D eigenvalue weighted by molar-refractivity contribution is -0.143. The van der Waals surface area contributed by atoms with Gasteiger partial charge in [0.2, 0.25) is 0 Å². The highest BCUT2D eigenvalue weighted by atomic mass is 16.5. The maximum absolute atomic E-state index is 12.6. The fourth-order valence-electron chi connectivity index (χ4n) is 3.67. The standard InChI is InChI=1S/C24H33NO4.CH4/c1-13(2)11-21(24(27)28-8)25-23(26)22-10-9-19(29-22)12-20-17(6)15(4)14(3)16(5)18(20)7;/h9-10,13,21H,11-12H2,1-8H3,(H,25,26);1H4. The van der Waals surface area contributed by atoms with Gasteiger partial charge < -0.3 is 14.5 Å². The third-order valence-electron chi connectivity index (χ3n) is 5.89. The third-order valence-corrected chi connectivity index (χ3v) is 5.89. The van der Waals surface area contributed by atoms with Crippen molar-refractivity contribution in [3.8, 4) is 0 Å². The summed E-state index contributed by atoms with van der Waals surface area (Å²) in [5, 5.41) is 2.73. The topological polar surface area (TPSA) is 68.5 Å². The summed E-state index contributed by atoms with van der Waals surface area (Å²) in [4.78, 5) is 24.6. The van der Waals surface area contributed by atoms with E-state index in [0.29, 0.717) is 12.8 Å². The summed E-state index contributed by atoms with van der Waals surface area (Å²) in [5.74, 6) is 0.314. The average molecular weight is 416 g/mol. The molecule has 0 aliphatic rings. The lowest BCUT2D eigenvalue weighted by Gasteiger charge is -2.18. The number of benzene rings is 1. The van der Waals surface area contributed by atoms with Crippen LogP contribution in [0.15, 0.2) is 16.5 Å². The fourth-order valence-corrected chi connectivity index (χ4v) is 3.67. The molecule has 1 atom stereocenters. The van der Waals surface area contributed by atoms with Crippen molar-refractivity contribution in [2.75, 3.05) is 7.11 Å². The number of nitrogens with one attached hydrogen (secondary N) is 1. The Hall–Kier alpha value is -2.56. The van der Waals surface area contributed by atoms with E-state index in [4.69, 9.17) is 9.15 Å². The van der Waals surface area contributed by atoms with Crippen LogP contribution >= 0.6 is 0 Å². The zero-order valence-electron chi connectivity index (χ0n) is 18.9. The Kier molecular flexibility index (Phi) is 8.89. The van der Waals surface area contributed by atoms with Gasteiger partial charge in [0.05, 0.1) is 7.11 Å². The highest BCUT2D eigenvalue weighted by molar-refractivity contribution is 5.94. The van der Waals surface area contributed by atoms with Gasteiger partial charge in [0.25, 0.3) is 5.91 Å². The predicted octanol–water partition coefficient (Wildman–Crippen LogP) is 5.37. The predicted molar refractivity (Wildman–Crippen MR) is 121 cm³/mol. The number of methoxy groups -OCH3 is 1. The number of esters is 1. The van der Waals surface area contributed by atoms with Gasteiger partial charge >= 0.3 is 5.97 Å². The van der Waals surface area contributed by atoms with Gasteiger partial charge in [0, 0.05) is 6.42 Å². The molecule has 1 aromatic carbocycles. The lowest BCUT2D eigenvalue weighted by Crippen LogP contribution is -2.42. The average Bonchev–Trinajstić information content (AvgIpc) is 3.15. The molecule has 0 aliphatic carbocycles. The first-order chi connectivity index (χ1) is 13.6. The summed E-state index contributed by atoms with van der Waals surface area (Å²) in [7, 11) is 1.32. The molecular formula is C25H37NO4. The molecule has 1 N–H and O–H groups in total. The van der Waals surface area contributed by atoms with Crippen LogP contribution in [0, 0.1) is 40.5 Å². The van der Waals surface area contributed by atoms with Gasteiger partial charge in [0.1, 0.15) is 11.8 Å². The van der Waals surface area contributed by atoms with E-state index in [1.165, 1.54) is 40.5 Å². The number of furan rings is 1. The molecular weight excluding hydrogens is 378 g/mol. The van der Waals surface area contributed by atoms with Crippen LogP contribution in [-0.2, 0) is 16.0 Å². The molecule has 0 fully saturated rings. The molecule has 1 unspecified atom stereocenters. The lowest BCUT2D eigenvalue weighted by atomic mass is 9.88. The zero-order chi connectivity index (χ0) is 21.9. The second-order valence-electron chi connectivity index (χ2n) is 8.23. The first-order valence-corrected chi connectivity index (χ1v) is 10.1. The summed E-state index contributed by atoms with van der Waals surface area (Å²) in [5.41, 5.74) is 7.66. The van der Waals surface area contributed by atoms with Gasteiger partial charge in [-0.15, -0.1) is 0 Å². The van der Waals surface area contributed by atoms with Crippen molar-refractivity contribution in [1.82, 2.24) is 5.32 Å². The summed E-state index contributed by atoms with van der Waals surface area (Å²) < 4.78 is 10.6. The minimum absolute atomic E-state index is 0. The first-order valence-electron chi connectivity index (χ1n) is 10.1. The Balaban J connectivity index is 0.00000450. The third kappa shape index (κ3) is 5.53. The van der Waals surface area contributed by atoms with Crippen LogP contribution in [0.2, 0.25) is 0 Å². The van der Waals surface area contributed by atoms with E-state index in [0.717, 1.165) is 5.76 Å². The zero-order valence-corrected chi connectivity index (χ0v) is 18.9. The number of carbonyl (C=O) groups is 2. The second kappa shape index (κ2) is 10.5. The van der Waals surface area contributed by atoms with Crippen molar-refractivity contribution in [2.45, 2.75) is 74.8 Å². The van der Waals surface area contributed by atoms with Crippen LogP contribution in [0.5, 0.6) is 0 Å². The van der Waals surface area contributed by atoms with E-state index in [1.54, 1.807) is 6.07 Å². The molecule has 0 spiro atoms. The largest absolute Gasteiger partial charge is 0.467 e. The summed E-state index contributed by atoms with van der Waals surface area (Å²) in [6, 6.07) is 2.80. The highest BCUT2D eigenvalue weighted by Crippen LogP contribution is 2.28. The molecule has 2 rings (SSSR count). The first kappa shape index (κ1) is 25.5. The van der Waals surface area contributed by atoms with Crippen LogP contribution in [-0.4, -0.2) is 25.0 Å². The molecule has 5 nitrogen and oxygen atoms in total. The molecule has 5 heteroatoms.